The molecule has 0 heteroatoms. The van der Waals surface area contributed by atoms with Gasteiger partial charge in [-0.2, -0.15) is 0 Å². The van der Waals surface area contributed by atoms with Gasteiger partial charge in [0.25, 0.3) is 0 Å². The minimum Gasteiger partial charge on any atom is -0.0683 e. The van der Waals surface area contributed by atoms with Gasteiger partial charge in [-0.15, -0.1) is 0 Å². The van der Waals surface area contributed by atoms with Crippen LogP contribution in [0.25, 0.3) is 109 Å². The molecule has 300 valence electrons. The van der Waals surface area contributed by atoms with Gasteiger partial charge in [-0.25, -0.2) is 0 Å². The first kappa shape index (κ1) is 39.3. The van der Waals surface area contributed by atoms with E-state index in [0.29, 0.717) is 0 Å². The topological polar surface area (TPSA) is 0 Å². The molecule has 63 heavy (non-hydrogen) atoms. The van der Waals surface area contributed by atoms with Crippen LogP contribution in [0.5, 0.6) is 0 Å². The normalized spacial score (nSPS) is 11.1. The molecule has 12 rings (SSSR count). The van der Waals surface area contributed by atoms with E-state index < -0.39 is 0 Å². The van der Waals surface area contributed by atoms with Crippen molar-refractivity contribution in [3.8, 4) is 44.5 Å². The van der Waals surface area contributed by atoms with Crippen LogP contribution in [0.3, 0.4) is 0 Å². The summed E-state index contributed by atoms with van der Waals surface area (Å²) in [5.41, 5.74) is 11.5. The number of aryl methyl sites for hydroxylation is 1. The fourth-order valence-electron chi connectivity index (χ4n) is 9.55. The van der Waals surface area contributed by atoms with E-state index >= 15 is 0 Å². The Morgan fingerprint density at radius 1 is 0.222 bits per heavy atom. The number of hydrogen-bond acceptors (Lipinski definition) is 0. The maximum atomic E-state index is 2.34. The molecule has 0 aliphatic heterocycles. The Balaban J connectivity index is 0.000000144. The Bertz CT molecular complexity index is 3540. The van der Waals surface area contributed by atoms with E-state index in [0.717, 1.165) is 0 Å². The molecule has 0 aromatic heterocycles. The Labute approximate surface area is 370 Å². The van der Waals surface area contributed by atoms with Gasteiger partial charge in [0, 0.05) is 0 Å². The van der Waals surface area contributed by atoms with Crippen molar-refractivity contribution in [2.45, 2.75) is 20.8 Å². The van der Waals surface area contributed by atoms with Crippen LogP contribution >= 0.6 is 0 Å². The van der Waals surface area contributed by atoms with Gasteiger partial charge in [-0.1, -0.05) is 244 Å². The molecule has 12 aromatic rings. The highest BCUT2D eigenvalue weighted by molar-refractivity contribution is 6.22. The van der Waals surface area contributed by atoms with Gasteiger partial charge >= 0.3 is 0 Å². The molecular weight excluding hydrogens is 757 g/mol. The zero-order valence-corrected chi connectivity index (χ0v) is 36.0. The molecule has 0 heterocycles. The van der Waals surface area contributed by atoms with Crippen LogP contribution in [0.15, 0.2) is 237 Å². The first-order chi connectivity index (χ1) is 31.2. The van der Waals surface area contributed by atoms with E-state index in [2.05, 4.69) is 244 Å². The highest BCUT2D eigenvalue weighted by atomic mass is 14.2. The van der Waals surface area contributed by atoms with E-state index in [1.807, 2.05) is 13.8 Å². The fourth-order valence-corrected chi connectivity index (χ4v) is 9.55. The van der Waals surface area contributed by atoms with Crippen molar-refractivity contribution >= 4 is 64.6 Å². The van der Waals surface area contributed by atoms with E-state index in [1.54, 1.807) is 0 Å². The van der Waals surface area contributed by atoms with E-state index in [9.17, 15) is 0 Å². The average molecular weight is 805 g/mol. The van der Waals surface area contributed by atoms with Crippen LogP contribution in [0.1, 0.15) is 19.4 Å². The highest BCUT2D eigenvalue weighted by Gasteiger charge is 2.16. The van der Waals surface area contributed by atoms with Gasteiger partial charge in [-0.05, 0) is 128 Å². The predicted molar refractivity (Wildman–Crippen MR) is 276 cm³/mol. The largest absolute Gasteiger partial charge is 0.0683 e. The molecule has 0 bridgehead atoms. The number of fused-ring (bicyclic) bond motifs is 8. The monoisotopic (exact) mass is 804 g/mol. The SMILES string of the molecule is CC.Cc1c2ccccc2c(-c2ccc(-c3ccccc3)cc2)c2ccc3ccccc3c12.c1ccc(-c2ccc(-c3c4ccccc4cc4c3ccc3ccccc34)cc2)cc1. The standard InChI is InChI=1S/C31H22.C30H20.C2H6/c1-21-26-12-7-8-14-28(26)31(29-20-19-24-11-5-6-13-27(24)30(21)29)25-17-15-23(16-18-25)22-9-3-2-4-10-22;1-2-8-21(9-3-1)22-14-16-24(17-15-22)30-27-13-7-5-11-25(27)20-29-26-12-6-4-10-23(26)18-19-28(29)30;1-2/h2-20H,1H3;1-20H;1-2H3. The third-order valence-electron chi connectivity index (χ3n) is 12.5. The predicted octanol–water partition coefficient (Wildman–Crippen LogP) is 18.3. The van der Waals surface area contributed by atoms with Gasteiger partial charge in [0.15, 0.2) is 0 Å². The molecule has 0 unspecified atom stereocenters. The highest BCUT2D eigenvalue weighted by Crippen LogP contribution is 2.43. The first-order valence-corrected chi connectivity index (χ1v) is 22.2. The Kier molecular flexibility index (Phi) is 10.8. The molecule has 0 radical (unpaired) electrons. The van der Waals surface area contributed by atoms with Crippen molar-refractivity contribution in [1.82, 2.24) is 0 Å². The molecule has 0 fully saturated rings. The van der Waals surface area contributed by atoms with Crippen molar-refractivity contribution in [2.24, 2.45) is 0 Å². The van der Waals surface area contributed by atoms with Crippen molar-refractivity contribution in [3.05, 3.63) is 242 Å². The summed E-state index contributed by atoms with van der Waals surface area (Å²) in [6.07, 6.45) is 0. The van der Waals surface area contributed by atoms with E-state index in [4.69, 9.17) is 0 Å². The summed E-state index contributed by atoms with van der Waals surface area (Å²) in [6, 6.07) is 85.5. The lowest BCUT2D eigenvalue weighted by Crippen LogP contribution is -1.91. The lowest BCUT2D eigenvalue weighted by molar-refractivity contribution is 1.50. The lowest BCUT2D eigenvalue weighted by Gasteiger charge is -2.17. The van der Waals surface area contributed by atoms with Crippen molar-refractivity contribution in [1.29, 1.82) is 0 Å². The van der Waals surface area contributed by atoms with Crippen LogP contribution in [-0.2, 0) is 0 Å². The second kappa shape index (κ2) is 17.3. The quantitative estimate of drug-likeness (QED) is 0.123. The molecule has 0 amide bonds. The Morgan fingerprint density at radius 2 is 0.587 bits per heavy atom. The van der Waals surface area contributed by atoms with Crippen LogP contribution in [0.4, 0.5) is 0 Å². The minimum atomic E-state index is 1.24. The van der Waals surface area contributed by atoms with E-state index in [-0.39, 0.29) is 0 Å². The molecule has 0 spiro atoms. The molecule has 0 N–H and O–H groups in total. The lowest BCUT2D eigenvalue weighted by atomic mass is 9.86. The summed E-state index contributed by atoms with van der Waals surface area (Å²) in [4.78, 5) is 0. The molecular formula is C63H48. The van der Waals surface area contributed by atoms with E-state index in [1.165, 1.54) is 115 Å². The zero-order valence-electron chi connectivity index (χ0n) is 36.0. The smallest absolute Gasteiger partial charge is 0.00264 e. The van der Waals surface area contributed by atoms with Crippen molar-refractivity contribution in [3.63, 3.8) is 0 Å². The van der Waals surface area contributed by atoms with Gasteiger partial charge in [0.2, 0.25) is 0 Å². The molecule has 0 nitrogen and oxygen atoms in total. The maximum absolute atomic E-state index is 2.34. The first-order valence-electron chi connectivity index (χ1n) is 22.2. The molecule has 12 aromatic carbocycles. The van der Waals surface area contributed by atoms with Crippen LogP contribution in [0.2, 0.25) is 0 Å². The number of benzene rings is 12. The molecule has 0 aliphatic carbocycles. The summed E-state index contributed by atoms with van der Waals surface area (Å²) < 4.78 is 0. The number of rotatable bonds is 4. The third kappa shape index (κ3) is 7.30. The third-order valence-corrected chi connectivity index (χ3v) is 12.5. The van der Waals surface area contributed by atoms with Gasteiger partial charge in [0.05, 0.1) is 0 Å². The summed E-state index contributed by atoms with van der Waals surface area (Å²) in [5, 5.41) is 15.7. The number of hydrogen-bond donors (Lipinski definition) is 0. The van der Waals surface area contributed by atoms with Gasteiger partial charge < -0.3 is 0 Å². The van der Waals surface area contributed by atoms with Crippen LogP contribution in [-0.4, -0.2) is 0 Å². The van der Waals surface area contributed by atoms with Gasteiger partial charge in [0.1, 0.15) is 0 Å². The fraction of sp³-hybridized carbons (Fsp3) is 0.0476. The van der Waals surface area contributed by atoms with Crippen LogP contribution in [0, 0.1) is 6.92 Å². The Morgan fingerprint density at radius 3 is 1.16 bits per heavy atom. The summed E-state index contributed by atoms with van der Waals surface area (Å²) in [7, 11) is 0. The molecule has 0 saturated heterocycles. The van der Waals surface area contributed by atoms with Crippen molar-refractivity contribution < 1.29 is 0 Å². The summed E-state index contributed by atoms with van der Waals surface area (Å²) in [6.45, 7) is 6.26. The minimum absolute atomic E-state index is 1.24. The maximum Gasteiger partial charge on any atom is -0.00264 e. The molecule has 0 aliphatic rings. The van der Waals surface area contributed by atoms with Crippen LogP contribution < -0.4 is 0 Å². The average Bonchev–Trinajstić information content (AvgIpc) is 3.37. The second-order valence-corrected chi connectivity index (χ2v) is 16.0. The summed E-state index contributed by atoms with van der Waals surface area (Å²) in [5.74, 6) is 0. The van der Waals surface area contributed by atoms with Crippen molar-refractivity contribution in [2.75, 3.05) is 0 Å². The zero-order chi connectivity index (χ0) is 42.7. The molecule has 0 saturated carbocycles. The Hall–Kier alpha value is -7.80. The summed E-state index contributed by atoms with van der Waals surface area (Å²) >= 11 is 0. The van der Waals surface area contributed by atoms with Gasteiger partial charge in [-0.3, -0.25) is 0 Å². The molecule has 0 atom stereocenters. The second-order valence-electron chi connectivity index (χ2n) is 16.0.